The van der Waals surface area contributed by atoms with Crippen molar-refractivity contribution < 1.29 is 5.11 Å². The highest BCUT2D eigenvalue weighted by Gasteiger charge is 2.00. The Labute approximate surface area is 85.2 Å². The molecule has 0 fully saturated rings. The molecule has 1 aromatic heterocycles. The molecule has 0 aliphatic carbocycles. The average Bonchev–Trinajstić information content (AvgIpc) is 2.15. The van der Waals surface area contributed by atoms with Gasteiger partial charge in [-0.05, 0) is 31.4 Å². The number of anilines is 1. The molecule has 0 aromatic carbocycles. The van der Waals surface area contributed by atoms with Gasteiger partial charge in [0.2, 0.25) is 0 Å². The van der Waals surface area contributed by atoms with E-state index in [9.17, 15) is 0 Å². The number of aliphatic hydroxyl groups excluding tert-OH is 1. The highest BCUT2D eigenvalue weighted by atomic mass is 16.3. The number of pyridine rings is 1. The minimum Gasteiger partial charge on any atom is -0.396 e. The molecular weight excluding hydrogens is 176 g/mol. The van der Waals surface area contributed by atoms with Crippen molar-refractivity contribution in [2.45, 2.75) is 20.3 Å². The predicted molar refractivity (Wildman–Crippen MR) is 58.3 cm³/mol. The second kappa shape index (κ2) is 5.60. The summed E-state index contributed by atoms with van der Waals surface area (Å²) in [5, 5.41) is 12.1. The molecule has 1 unspecified atom stereocenters. The average molecular weight is 194 g/mol. The van der Waals surface area contributed by atoms with Gasteiger partial charge in [0.05, 0.1) is 0 Å². The van der Waals surface area contributed by atoms with Gasteiger partial charge in [0.15, 0.2) is 0 Å². The van der Waals surface area contributed by atoms with Gasteiger partial charge in [-0.25, -0.2) is 0 Å². The molecule has 0 aliphatic rings. The van der Waals surface area contributed by atoms with Crippen LogP contribution in [0.1, 0.15) is 19.0 Å². The fourth-order valence-electron chi connectivity index (χ4n) is 1.27. The van der Waals surface area contributed by atoms with Gasteiger partial charge in [0.25, 0.3) is 0 Å². The number of hydrogen-bond donors (Lipinski definition) is 2. The predicted octanol–water partition coefficient (Wildman–Crippen LogP) is 1.82. The lowest BCUT2D eigenvalue weighted by molar-refractivity contribution is 0.266. The van der Waals surface area contributed by atoms with Crippen molar-refractivity contribution in [1.29, 1.82) is 0 Å². The van der Waals surface area contributed by atoms with E-state index in [1.165, 1.54) is 0 Å². The molecule has 1 heterocycles. The van der Waals surface area contributed by atoms with Crippen molar-refractivity contribution in [3.05, 3.63) is 24.0 Å². The van der Waals surface area contributed by atoms with Crippen molar-refractivity contribution in [1.82, 2.24) is 4.98 Å². The summed E-state index contributed by atoms with van der Waals surface area (Å²) in [7, 11) is 0. The molecule has 0 bridgehead atoms. The Morgan fingerprint density at radius 1 is 1.57 bits per heavy atom. The van der Waals surface area contributed by atoms with E-state index < -0.39 is 0 Å². The lowest BCUT2D eigenvalue weighted by Gasteiger charge is -2.12. The van der Waals surface area contributed by atoms with Crippen LogP contribution in [0.5, 0.6) is 0 Å². The maximum absolute atomic E-state index is 8.74. The molecule has 3 nitrogen and oxygen atoms in total. The Morgan fingerprint density at radius 3 is 3.00 bits per heavy atom. The molecule has 78 valence electrons. The molecule has 0 radical (unpaired) electrons. The first-order valence-electron chi connectivity index (χ1n) is 4.99. The highest BCUT2D eigenvalue weighted by molar-refractivity contribution is 5.42. The molecule has 0 saturated heterocycles. The summed E-state index contributed by atoms with van der Waals surface area (Å²) in [6.45, 7) is 5.25. The normalized spacial score (nSPS) is 12.5. The molecular formula is C11H18N2O. The summed E-state index contributed by atoms with van der Waals surface area (Å²) in [6.07, 6.45) is 2.64. The fraction of sp³-hybridized carbons (Fsp3) is 0.545. The Morgan fingerprint density at radius 2 is 2.36 bits per heavy atom. The molecule has 0 spiro atoms. The minimum atomic E-state index is 0.262. The Bertz CT molecular complexity index is 276. The second-order valence-corrected chi connectivity index (χ2v) is 3.68. The van der Waals surface area contributed by atoms with Crippen LogP contribution in [0.25, 0.3) is 0 Å². The van der Waals surface area contributed by atoms with E-state index in [0.29, 0.717) is 5.92 Å². The number of nitrogens with one attached hydrogen (secondary N) is 1. The van der Waals surface area contributed by atoms with Crippen molar-refractivity contribution in [3.8, 4) is 0 Å². The summed E-state index contributed by atoms with van der Waals surface area (Å²) in [5.41, 5.74) is 2.12. The molecule has 0 saturated carbocycles. The summed E-state index contributed by atoms with van der Waals surface area (Å²) >= 11 is 0. The van der Waals surface area contributed by atoms with Crippen LogP contribution in [0.2, 0.25) is 0 Å². The van der Waals surface area contributed by atoms with Crippen molar-refractivity contribution in [3.63, 3.8) is 0 Å². The summed E-state index contributed by atoms with van der Waals surface area (Å²) in [5.74, 6) is 0.494. The third-order valence-electron chi connectivity index (χ3n) is 2.17. The second-order valence-electron chi connectivity index (χ2n) is 3.68. The molecule has 1 aromatic rings. The first-order chi connectivity index (χ1) is 6.72. The molecule has 2 N–H and O–H groups in total. The van der Waals surface area contributed by atoms with Gasteiger partial charge in [0.1, 0.15) is 0 Å². The number of rotatable bonds is 5. The summed E-state index contributed by atoms with van der Waals surface area (Å²) < 4.78 is 0. The number of hydrogen-bond acceptors (Lipinski definition) is 3. The topological polar surface area (TPSA) is 45.1 Å². The van der Waals surface area contributed by atoms with Crippen molar-refractivity contribution in [2.75, 3.05) is 18.5 Å². The molecule has 1 rings (SSSR count). The molecule has 14 heavy (non-hydrogen) atoms. The Hall–Kier alpha value is -1.09. The third-order valence-corrected chi connectivity index (χ3v) is 2.17. The van der Waals surface area contributed by atoms with Gasteiger partial charge < -0.3 is 10.4 Å². The molecule has 1 atom stereocenters. The largest absolute Gasteiger partial charge is 0.396 e. The van der Waals surface area contributed by atoms with Gasteiger partial charge in [0, 0.05) is 30.7 Å². The standard InChI is InChI=1S/C11H18N2O/c1-9(4-6-14)8-13-11-3-5-12-10(2)7-11/h3,5,7,9,14H,4,6,8H2,1-2H3,(H,12,13). The van der Waals surface area contributed by atoms with Crippen LogP contribution in [-0.4, -0.2) is 23.2 Å². The number of aliphatic hydroxyl groups is 1. The van der Waals surface area contributed by atoms with Crippen LogP contribution in [0.4, 0.5) is 5.69 Å². The zero-order chi connectivity index (χ0) is 10.4. The van der Waals surface area contributed by atoms with Gasteiger partial charge in [-0.3, -0.25) is 4.98 Å². The monoisotopic (exact) mass is 194 g/mol. The van der Waals surface area contributed by atoms with Crippen LogP contribution in [-0.2, 0) is 0 Å². The number of aryl methyl sites for hydroxylation is 1. The van der Waals surface area contributed by atoms with Gasteiger partial charge >= 0.3 is 0 Å². The van der Waals surface area contributed by atoms with Crippen molar-refractivity contribution >= 4 is 5.69 Å². The van der Waals surface area contributed by atoms with Crippen molar-refractivity contribution in [2.24, 2.45) is 5.92 Å². The zero-order valence-electron chi connectivity index (χ0n) is 8.83. The van der Waals surface area contributed by atoms with Gasteiger partial charge in [-0.1, -0.05) is 6.92 Å². The van der Waals surface area contributed by atoms with Crippen LogP contribution in [0.3, 0.4) is 0 Å². The zero-order valence-corrected chi connectivity index (χ0v) is 8.83. The maximum Gasteiger partial charge on any atom is 0.0434 e. The maximum atomic E-state index is 8.74. The lowest BCUT2D eigenvalue weighted by Crippen LogP contribution is -2.12. The fourth-order valence-corrected chi connectivity index (χ4v) is 1.27. The van der Waals surface area contributed by atoms with Crippen LogP contribution in [0.15, 0.2) is 18.3 Å². The van der Waals surface area contributed by atoms with E-state index in [-0.39, 0.29) is 6.61 Å². The van der Waals surface area contributed by atoms with Gasteiger partial charge in [-0.15, -0.1) is 0 Å². The molecule has 0 aliphatic heterocycles. The molecule has 0 amide bonds. The van der Waals surface area contributed by atoms with Crippen LogP contribution >= 0.6 is 0 Å². The van der Waals surface area contributed by atoms with Crippen LogP contribution in [0, 0.1) is 12.8 Å². The van der Waals surface area contributed by atoms with E-state index in [2.05, 4.69) is 17.2 Å². The summed E-state index contributed by atoms with van der Waals surface area (Å²) in [6, 6.07) is 3.98. The van der Waals surface area contributed by atoms with E-state index >= 15 is 0 Å². The third kappa shape index (κ3) is 3.75. The summed E-state index contributed by atoms with van der Waals surface area (Å²) in [4.78, 5) is 4.12. The SMILES string of the molecule is Cc1cc(NCC(C)CCO)ccn1. The van der Waals surface area contributed by atoms with E-state index in [1.807, 2.05) is 19.1 Å². The van der Waals surface area contributed by atoms with Gasteiger partial charge in [-0.2, -0.15) is 0 Å². The first-order valence-corrected chi connectivity index (χ1v) is 4.99. The Balaban J connectivity index is 2.37. The Kier molecular flexibility index (Phi) is 4.40. The lowest BCUT2D eigenvalue weighted by atomic mass is 10.1. The van der Waals surface area contributed by atoms with E-state index in [4.69, 9.17) is 5.11 Å². The molecule has 3 heteroatoms. The van der Waals surface area contributed by atoms with E-state index in [0.717, 1.165) is 24.3 Å². The number of nitrogens with zero attached hydrogens (tertiary/aromatic N) is 1. The van der Waals surface area contributed by atoms with E-state index in [1.54, 1.807) is 6.20 Å². The first kappa shape index (κ1) is 11.0. The quantitative estimate of drug-likeness (QED) is 0.751. The minimum absolute atomic E-state index is 0.262. The highest BCUT2D eigenvalue weighted by Crippen LogP contribution is 2.09. The number of aromatic nitrogens is 1. The van der Waals surface area contributed by atoms with Crippen LogP contribution < -0.4 is 5.32 Å². The smallest absolute Gasteiger partial charge is 0.0434 e.